The minimum atomic E-state index is -0.902. The van der Waals surface area contributed by atoms with Gasteiger partial charge in [-0.15, -0.1) is 0 Å². The number of methoxy groups -OCH3 is 1. The average molecular weight is 702 g/mol. The monoisotopic (exact) mass is 701 g/mol. The Kier molecular flexibility index (Phi) is 9.32. The van der Waals surface area contributed by atoms with E-state index >= 15 is 0 Å². The van der Waals surface area contributed by atoms with Crippen LogP contribution in [-0.2, 0) is 35.3 Å². The molecule has 0 heterocycles. The second-order valence-corrected chi connectivity index (χ2v) is 19.8. The highest BCUT2D eigenvalue weighted by molar-refractivity contribution is 5.96. The summed E-state index contributed by atoms with van der Waals surface area (Å²) in [6, 6.07) is 9.84. The topological polar surface area (TPSA) is 98.8 Å². The van der Waals surface area contributed by atoms with Crippen LogP contribution in [0.4, 0.5) is 0 Å². The second kappa shape index (κ2) is 12.6. The van der Waals surface area contributed by atoms with E-state index in [1.807, 2.05) is 30.3 Å². The van der Waals surface area contributed by atoms with Gasteiger partial charge in [0.25, 0.3) is 0 Å². The summed E-state index contributed by atoms with van der Waals surface area (Å²) >= 11 is 0. The Labute approximate surface area is 306 Å². The number of rotatable bonds is 7. The smallest absolute Gasteiger partial charge is 0.312 e. The first-order valence-corrected chi connectivity index (χ1v) is 19.5. The van der Waals surface area contributed by atoms with Crippen LogP contribution in [0.3, 0.4) is 0 Å². The van der Waals surface area contributed by atoms with Crippen molar-refractivity contribution in [2.45, 2.75) is 139 Å². The van der Waals surface area contributed by atoms with Gasteiger partial charge in [-0.1, -0.05) is 77.4 Å². The zero-order valence-corrected chi connectivity index (χ0v) is 33.0. The third-order valence-corrected chi connectivity index (χ3v) is 16.0. The van der Waals surface area contributed by atoms with Crippen LogP contribution in [0, 0.1) is 55.7 Å². The van der Waals surface area contributed by atoms with Gasteiger partial charge in [-0.25, -0.2) is 0 Å². The number of hydrogen-bond acceptors (Lipinski definition) is 6. The minimum absolute atomic E-state index is 0.0433. The van der Waals surface area contributed by atoms with Crippen molar-refractivity contribution in [3.05, 3.63) is 47.5 Å². The lowest BCUT2D eigenvalue weighted by Crippen LogP contribution is -2.67. The molecule has 1 aromatic carbocycles. The van der Waals surface area contributed by atoms with E-state index in [9.17, 15) is 19.2 Å². The molecule has 51 heavy (non-hydrogen) atoms. The summed E-state index contributed by atoms with van der Waals surface area (Å²) in [4.78, 5) is 54.3. The van der Waals surface area contributed by atoms with Crippen LogP contribution >= 0.6 is 0 Å². The van der Waals surface area contributed by atoms with Crippen molar-refractivity contribution in [2.24, 2.45) is 55.7 Å². The summed E-state index contributed by atoms with van der Waals surface area (Å²) in [5, 5.41) is 3.33. The molecule has 6 rings (SSSR count). The fourth-order valence-corrected chi connectivity index (χ4v) is 12.5. The van der Waals surface area contributed by atoms with Gasteiger partial charge in [0.1, 0.15) is 6.61 Å². The molecule has 0 spiro atoms. The van der Waals surface area contributed by atoms with Crippen LogP contribution in [0.25, 0.3) is 0 Å². The van der Waals surface area contributed by atoms with E-state index in [0.29, 0.717) is 6.42 Å². The molecule has 1 aromatic rings. The van der Waals surface area contributed by atoms with Crippen molar-refractivity contribution < 1.29 is 28.7 Å². The van der Waals surface area contributed by atoms with Crippen molar-refractivity contribution >= 4 is 23.6 Å². The van der Waals surface area contributed by atoms with Gasteiger partial charge < -0.3 is 14.8 Å². The number of ether oxygens (including phenoxy) is 2. The molecule has 0 saturated heterocycles. The van der Waals surface area contributed by atoms with Crippen LogP contribution in [0.2, 0.25) is 0 Å². The molecule has 4 fully saturated rings. The highest BCUT2D eigenvalue weighted by Gasteiger charge is 2.70. The van der Waals surface area contributed by atoms with Gasteiger partial charge >= 0.3 is 11.9 Å². The molecule has 5 aliphatic carbocycles. The van der Waals surface area contributed by atoms with Gasteiger partial charge in [-0.05, 0) is 129 Å². The van der Waals surface area contributed by atoms with E-state index in [2.05, 4.69) is 59.9 Å². The van der Waals surface area contributed by atoms with E-state index in [4.69, 9.17) is 9.47 Å². The first-order valence-electron chi connectivity index (χ1n) is 19.5. The molecule has 280 valence electrons. The third-order valence-electron chi connectivity index (χ3n) is 16.0. The summed E-state index contributed by atoms with van der Waals surface area (Å²) < 4.78 is 10.9. The third kappa shape index (κ3) is 5.91. The summed E-state index contributed by atoms with van der Waals surface area (Å²) in [5.41, 5.74) is 0.0282. The second-order valence-electron chi connectivity index (χ2n) is 19.8. The largest absolute Gasteiger partial charge is 0.469 e. The maximum absolute atomic E-state index is 14.9. The van der Waals surface area contributed by atoms with Crippen molar-refractivity contribution in [3.63, 3.8) is 0 Å². The molecule has 0 bridgehead atoms. The summed E-state index contributed by atoms with van der Waals surface area (Å²) in [5.74, 6) is -0.0797. The molecular weight excluding hydrogens is 638 g/mol. The van der Waals surface area contributed by atoms with E-state index in [1.165, 1.54) is 12.7 Å². The zero-order valence-electron chi connectivity index (χ0n) is 33.0. The number of fused-ring (bicyclic) bond motifs is 7. The molecule has 9 atom stereocenters. The summed E-state index contributed by atoms with van der Waals surface area (Å²) in [7, 11) is 1.36. The van der Waals surface area contributed by atoms with E-state index < -0.39 is 10.8 Å². The van der Waals surface area contributed by atoms with Crippen molar-refractivity contribution in [1.29, 1.82) is 0 Å². The average Bonchev–Trinajstić information content (AvgIpc) is 3.06. The number of nitrogens with one attached hydrogen (secondary N) is 1. The van der Waals surface area contributed by atoms with Gasteiger partial charge in [0, 0.05) is 18.4 Å². The number of allylic oxidation sites excluding steroid dienone is 2. The van der Waals surface area contributed by atoms with Gasteiger partial charge in [0.2, 0.25) is 5.91 Å². The summed E-state index contributed by atoms with van der Waals surface area (Å²) in [6.07, 6.45) is 10.4. The number of benzene rings is 1. The molecule has 4 saturated carbocycles. The standard InChI is InChI=1S/C44H63NO6/c1-38(2,36(48)50-10)26-34(47)45-33-17-18-42(7)32(39(33,3)4)16-19-44(9)35(42)31(46)24-29-30-25-41(6,21-20-40(30,5)22-23-43(29,44)8)37(49)51-27-28-14-12-11-13-15-28/h11-15,24,30,32-33,35H,16-23,25-27H2,1-10H3,(H,45,47)/t30?,32-,33-,35+,40+,41-,42-,43+,44+/m0/s1. The van der Waals surface area contributed by atoms with Gasteiger partial charge in [-0.3, -0.25) is 19.2 Å². The molecule has 7 nitrogen and oxygen atoms in total. The first-order chi connectivity index (χ1) is 23.7. The van der Waals surface area contributed by atoms with Gasteiger partial charge in [0.15, 0.2) is 5.78 Å². The lowest BCUT2D eigenvalue weighted by molar-refractivity contribution is -0.190. The van der Waals surface area contributed by atoms with E-state index in [1.54, 1.807) is 13.8 Å². The number of carbonyl (C=O) groups excluding carboxylic acids is 4. The van der Waals surface area contributed by atoms with E-state index in [-0.39, 0.29) is 87.5 Å². The maximum Gasteiger partial charge on any atom is 0.312 e. The molecule has 1 amide bonds. The SMILES string of the molecule is COC(=O)C(C)(C)CC(=O)N[C@H]1CC[C@]2(C)[C@H]3C(=O)C=C4C5C[C@@](C)(C(=O)OCc6ccccc6)CC[C@]5(C)CC[C@@]4(C)[C@]3(C)CC[C@H]2C1(C)C. The first kappa shape index (κ1) is 37.8. The predicted molar refractivity (Wildman–Crippen MR) is 198 cm³/mol. The highest BCUT2D eigenvalue weighted by atomic mass is 16.5. The Balaban J connectivity index is 1.26. The normalized spacial score (nSPS) is 40.0. The minimum Gasteiger partial charge on any atom is -0.469 e. The van der Waals surface area contributed by atoms with Crippen LogP contribution in [-0.4, -0.2) is 36.8 Å². The van der Waals surface area contributed by atoms with Crippen LogP contribution in [0.15, 0.2) is 42.0 Å². The Morgan fingerprint density at radius 3 is 2.22 bits per heavy atom. The lowest BCUT2D eigenvalue weighted by Gasteiger charge is -2.70. The molecule has 0 radical (unpaired) electrons. The Morgan fingerprint density at radius 2 is 1.55 bits per heavy atom. The van der Waals surface area contributed by atoms with Crippen molar-refractivity contribution in [2.75, 3.05) is 7.11 Å². The number of carbonyl (C=O) groups is 4. The molecule has 1 unspecified atom stereocenters. The fraction of sp³-hybridized carbons (Fsp3) is 0.727. The van der Waals surface area contributed by atoms with Crippen molar-refractivity contribution in [1.82, 2.24) is 5.32 Å². The highest BCUT2D eigenvalue weighted by Crippen LogP contribution is 2.75. The fourth-order valence-electron chi connectivity index (χ4n) is 12.5. The van der Waals surface area contributed by atoms with Gasteiger partial charge in [-0.2, -0.15) is 0 Å². The number of hydrogen-bond donors (Lipinski definition) is 1. The number of amides is 1. The number of esters is 2. The predicted octanol–water partition coefficient (Wildman–Crippen LogP) is 8.78. The molecule has 1 N–H and O–H groups in total. The van der Waals surface area contributed by atoms with Crippen LogP contribution < -0.4 is 5.32 Å². The molecule has 0 aromatic heterocycles. The molecule has 5 aliphatic rings. The lowest BCUT2D eigenvalue weighted by atomic mass is 9.33. The van der Waals surface area contributed by atoms with Gasteiger partial charge in [0.05, 0.1) is 17.9 Å². The van der Waals surface area contributed by atoms with Crippen LogP contribution in [0.5, 0.6) is 0 Å². The number of ketones is 1. The molecule has 7 heteroatoms. The van der Waals surface area contributed by atoms with E-state index in [0.717, 1.165) is 56.9 Å². The molecular formula is C44H63NO6. The quantitative estimate of drug-likeness (QED) is 0.286. The molecule has 0 aliphatic heterocycles. The Morgan fingerprint density at radius 1 is 0.882 bits per heavy atom. The Bertz CT molecular complexity index is 1610. The Hall–Kier alpha value is -2.96. The maximum atomic E-state index is 14.9. The summed E-state index contributed by atoms with van der Waals surface area (Å²) in [6.45, 7) is 20.0. The zero-order chi connectivity index (χ0) is 37.4. The van der Waals surface area contributed by atoms with Crippen molar-refractivity contribution in [3.8, 4) is 0 Å². The van der Waals surface area contributed by atoms with Crippen LogP contribution in [0.1, 0.15) is 132 Å².